The minimum atomic E-state index is -4.28. The van der Waals surface area contributed by atoms with E-state index in [0.717, 1.165) is 0 Å². The maximum absolute atomic E-state index is 13.1. The molecule has 3 aromatic carbocycles. The lowest BCUT2D eigenvalue weighted by atomic mass is 10.3. The molecule has 3 aromatic rings. The van der Waals surface area contributed by atoms with Crippen LogP contribution in [0.2, 0.25) is 0 Å². The molecular formula is C18H15O7P. The molecule has 0 atom stereocenters. The summed E-state index contributed by atoms with van der Waals surface area (Å²) in [5.41, 5.74) is 0. The van der Waals surface area contributed by atoms with E-state index in [9.17, 15) is 19.9 Å². The molecule has 0 amide bonds. The topological polar surface area (TPSA) is 105 Å². The second-order valence-corrected chi connectivity index (χ2v) is 6.66. The van der Waals surface area contributed by atoms with Gasteiger partial charge in [0.25, 0.3) is 0 Å². The smallest absolute Gasteiger partial charge is 0.508 e. The van der Waals surface area contributed by atoms with Crippen molar-refractivity contribution in [2.45, 2.75) is 0 Å². The van der Waals surface area contributed by atoms with E-state index >= 15 is 0 Å². The largest absolute Gasteiger partial charge is 0.647 e. The van der Waals surface area contributed by atoms with Crippen LogP contribution in [0.1, 0.15) is 0 Å². The first-order chi connectivity index (χ1) is 12.4. The highest BCUT2D eigenvalue weighted by Gasteiger charge is 2.33. The summed E-state index contributed by atoms with van der Waals surface area (Å²) in [6.45, 7) is 0. The van der Waals surface area contributed by atoms with Crippen molar-refractivity contribution in [3.8, 4) is 34.5 Å². The van der Waals surface area contributed by atoms with Gasteiger partial charge in [0.15, 0.2) is 0 Å². The number of rotatable bonds is 6. The summed E-state index contributed by atoms with van der Waals surface area (Å²) >= 11 is 0. The Morgan fingerprint density at radius 3 is 1.15 bits per heavy atom. The third-order valence-electron chi connectivity index (χ3n) is 3.10. The summed E-state index contributed by atoms with van der Waals surface area (Å²) in [5.74, 6) is -0.132. The Labute approximate surface area is 149 Å². The van der Waals surface area contributed by atoms with E-state index < -0.39 is 7.82 Å². The molecule has 0 unspecified atom stereocenters. The molecule has 0 fully saturated rings. The van der Waals surface area contributed by atoms with E-state index in [-0.39, 0.29) is 34.5 Å². The summed E-state index contributed by atoms with van der Waals surface area (Å²) in [7, 11) is -4.28. The molecule has 0 aliphatic rings. The van der Waals surface area contributed by atoms with Crippen LogP contribution in [0.15, 0.2) is 72.8 Å². The van der Waals surface area contributed by atoms with Crippen LogP contribution in [0.5, 0.6) is 34.5 Å². The van der Waals surface area contributed by atoms with Crippen LogP contribution < -0.4 is 13.6 Å². The lowest BCUT2D eigenvalue weighted by Crippen LogP contribution is -2.07. The third-order valence-corrected chi connectivity index (χ3v) is 4.41. The van der Waals surface area contributed by atoms with Crippen LogP contribution in [-0.4, -0.2) is 15.3 Å². The van der Waals surface area contributed by atoms with Gasteiger partial charge in [-0.15, -0.1) is 0 Å². The zero-order chi connectivity index (χ0) is 18.6. The monoisotopic (exact) mass is 374 g/mol. The Balaban J connectivity index is 1.92. The lowest BCUT2D eigenvalue weighted by Gasteiger charge is -2.19. The van der Waals surface area contributed by atoms with Gasteiger partial charge in [-0.25, -0.2) is 0 Å². The zero-order valence-electron chi connectivity index (χ0n) is 13.4. The number of aromatic hydroxyl groups is 3. The number of phenols is 3. The molecule has 0 saturated heterocycles. The van der Waals surface area contributed by atoms with E-state index in [4.69, 9.17) is 13.6 Å². The van der Waals surface area contributed by atoms with Crippen LogP contribution in [0.3, 0.4) is 0 Å². The SMILES string of the molecule is O=P(Oc1cccc(O)c1)(Oc1cccc(O)c1)Oc1cccc(O)c1. The number of phenolic OH excluding ortho intramolecular Hbond substituents is 3. The second kappa shape index (κ2) is 7.29. The van der Waals surface area contributed by atoms with Gasteiger partial charge in [0, 0.05) is 18.2 Å². The number of hydrogen-bond acceptors (Lipinski definition) is 7. The first-order valence-corrected chi connectivity index (χ1v) is 8.94. The molecule has 0 spiro atoms. The average molecular weight is 374 g/mol. The molecular weight excluding hydrogens is 359 g/mol. The van der Waals surface area contributed by atoms with E-state index in [1.807, 2.05) is 0 Å². The molecule has 8 heteroatoms. The normalized spacial score (nSPS) is 10.9. The number of phosphoric acid groups is 1. The number of benzene rings is 3. The molecule has 3 rings (SSSR count). The van der Waals surface area contributed by atoms with Gasteiger partial charge < -0.3 is 28.9 Å². The molecule has 0 radical (unpaired) electrons. The summed E-state index contributed by atoms with van der Waals surface area (Å²) < 4.78 is 29.2. The summed E-state index contributed by atoms with van der Waals surface area (Å²) in [6, 6.07) is 16.9. The lowest BCUT2D eigenvalue weighted by molar-refractivity contribution is 0.297. The predicted octanol–water partition coefficient (Wildman–Crippen LogP) is 4.45. The van der Waals surface area contributed by atoms with Gasteiger partial charge in [-0.05, 0) is 36.4 Å². The predicted molar refractivity (Wildman–Crippen MR) is 93.8 cm³/mol. The van der Waals surface area contributed by atoms with Crippen LogP contribution in [-0.2, 0) is 4.57 Å². The van der Waals surface area contributed by atoms with Gasteiger partial charge in [-0.2, -0.15) is 4.57 Å². The van der Waals surface area contributed by atoms with Crippen molar-refractivity contribution < 1.29 is 33.5 Å². The minimum absolute atomic E-state index is 0.0497. The Morgan fingerprint density at radius 2 is 0.885 bits per heavy atom. The van der Waals surface area contributed by atoms with Crippen molar-refractivity contribution in [3.05, 3.63) is 72.8 Å². The highest BCUT2D eigenvalue weighted by Crippen LogP contribution is 2.50. The van der Waals surface area contributed by atoms with Gasteiger partial charge in [0.1, 0.15) is 34.5 Å². The second-order valence-electron chi connectivity index (χ2n) is 5.21. The van der Waals surface area contributed by atoms with E-state index in [0.29, 0.717) is 0 Å². The molecule has 0 aromatic heterocycles. The molecule has 26 heavy (non-hydrogen) atoms. The van der Waals surface area contributed by atoms with Crippen molar-refractivity contribution in [1.82, 2.24) is 0 Å². The molecule has 7 nitrogen and oxygen atoms in total. The highest BCUT2D eigenvalue weighted by atomic mass is 31.2. The van der Waals surface area contributed by atoms with Gasteiger partial charge in [-0.1, -0.05) is 18.2 Å². The molecule has 0 bridgehead atoms. The van der Waals surface area contributed by atoms with Gasteiger partial charge in [0.05, 0.1) is 0 Å². The fraction of sp³-hybridized carbons (Fsp3) is 0. The van der Waals surface area contributed by atoms with Crippen LogP contribution in [0.25, 0.3) is 0 Å². The van der Waals surface area contributed by atoms with Crippen molar-refractivity contribution in [2.24, 2.45) is 0 Å². The minimum Gasteiger partial charge on any atom is -0.508 e. The standard InChI is InChI=1S/C18H15O7P/c19-13-4-1-7-16(10-13)23-26(22,24-17-8-2-5-14(20)11-17)25-18-9-3-6-15(21)12-18/h1-12,19-21H. The van der Waals surface area contributed by atoms with Crippen LogP contribution in [0.4, 0.5) is 0 Å². The quantitative estimate of drug-likeness (QED) is 0.548. The molecule has 3 N–H and O–H groups in total. The Kier molecular flexibility index (Phi) is 4.91. The van der Waals surface area contributed by atoms with Crippen molar-refractivity contribution in [1.29, 1.82) is 0 Å². The Hall–Kier alpha value is -3.31. The average Bonchev–Trinajstić information content (AvgIpc) is 2.54. The summed E-state index contributed by atoms with van der Waals surface area (Å²) in [6.07, 6.45) is 0. The summed E-state index contributed by atoms with van der Waals surface area (Å²) in [4.78, 5) is 0. The molecule has 0 heterocycles. The first kappa shape index (κ1) is 17.5. The Bertz CT molecular complexity index is 835. The maximum atomic E-state index is 13.1. The highest BCUT2D eigenvalue weighted by molar-refractivity contribution is 7.49. The van der Waals surface area contributed by atoms with E-state index in [1.165, 1.54) is 72.8 Å². The van der Waals surface area contributed by atoms with Gasteiger partial charge in [0.2, 0.25) is 0 Å². The van der Waals surface area contributed by atoms with Crippen molar-refractivity contribution >= 4 is 7.82 Å². The fourth-order valence-electron chi connectivity index (χ4n) is 2.06. The number of phosphoric ester groups is 1. The van der Waals surface area contributed by atoms with E-state index in [2.05, 4.69) is 0 Å². The zero-order valence-corrected chi connectivity index (χ0v) is 14.2. The third kappa shape index (κ3) is 4.62. The molecule has 134 valence electrons. The fourth-order valence-corrected chi connectivity index (χ4v) is 3.29. The molecule has 0 saturated carbocycles. The van der Waals surface area contributed by atoms with Crippen molar-refractivity contribution in [3.63, 3.8) is 0 Å². The van der Waals surface area contributed by atoms with E-state index in [1.54, 1.807) is 0 Å². The summed E-state index contributed by atoms with van der Waals surface area (Å²) in [5, 5.41) is 28.6. The Morgan fingerprint density at radius 1 is 0.577 bits per heavy atom. The molecule has 0 aliphatic heterocycles. The van der Waals surface area contributed by atoms with Gasteiger partial charge >= 0.3 is 7.82 Å². The molecule has 0 aliphatic carbocycles. The maximum Gasteiger partial charge on any atom is 0.647 e. The number of hydrogen-bond donors (Lipinski definition) is 3. The van der Waals surface area contributed by atoms with Crippen LogP contribution in [0, 0.1) is 0 Å². The van der Waals surface area contributed by atoms with Crippen molar-refractivity contribution in [2.75, 3.05) is 0 Å². The first-order valence-electron chi connectivity index (χ1n) is 7.48. The van der Waals surface area contributed by atoms with Gasteiger partial charge in [-0.3, -0.25) is 0 Å². The van der Waals surface area contributed by atoms with Crippen LogP contribution >= 0.6 is 7.82 Å².